The van der Waals surface area contributed by atoms with Gasteiger partial charge in [-0.05, 0) is 32.9 Å². The van der Waals surface area contributed by atoms with Gasteiger partial charge in [-0.1, -0.05) is 0 Å². The van der Waals surface area contributed by atoms with Crippen LogP contribution >= 0.6 is 0 Å². The number of nitrogens with zero attached hydrogens (tertiary/aromatic N) is 3. The van der Waals surface area contributed by atoms with Crippen molar-refractivity contribution < 1.29 is 18.0 Å². The Bertz CT molecular complexity index is 561. The van der Waals surface area contributed by atoms with E-state index in [9.17, 15) is 18.0 Å². The molecule has 1 aliphatic rings. The summed E-state index contributed by atoms with van der Waals surface area (Å²) in [6.07, 6.45) is -3.09. The van der Waals surface area contributed by atoms with Gasteiger partial charge < -0.3 is 15.1 Å². The van der Waals surface area contributed by atoms with E-state index in [0.717, 1.165) is 6.07 Å². The van der Waals surface area contributed by atoms with Crippen LogP contribution in [0.25, 0.3) is 0 Å². The fraction of sp³-hybridized carbons (Fsp3) is 0.600. The average Bonchev–Trinajstić information content (AvgIpc) is 2.45. The van der Waals surface area contributed by atoms with Crippen LogP contribution in [0.5, 0.6) is 0 Å². The molecule has 1 saturated heterocycles. The number of hydrogen-bond acceptors (Lipinski definition) is 3. The molecule has 0 saturated carbocycles. The molecule has 2 rings (SSSR count). The molecule has 1 aromatic rings. The second-order valence-electron chi connectivity index (χ2n) is 6.53. The Morgan fingerprint density at radius 1 is 1.17 bits per heavy atom. The number of carbonyl (C=O) groups excluding carboxylic acids is 1. The number of anilines is 1. The molecule has 0 aromatic carbocycles. The Labute approximate surface area is 133 Å². The summed E-state index contributed by atoms with van der Waals surface area (Å²) in [4.78, 5) is 19.2. The summed E-state index contributed by atoms with van der Waals surface area (Å²) in [5.41, 5.74) is -1.09. The van der Waals surface area contributed by atoms with Crippen LogP contribution in [0.2, 0.25) is 0 Å². The summed E-state index contributed by atoms with van der Waals surface area (Å²) in [5, 5.41) is 2.85. The van der Waals surface area contributed by atoms with Crippen LogP contribution in [0.15, 0.2) is 18.3 Å². The van der Waals surface area contributed by atoms with Crippen molar-refractivity contribution in [3.63, 3.8) is 0 Å². The van der Waals surface area contributed by atoms with Gasteiger partial charge in [0.05, 0.1) is 5.56 Å². The Balaban J connectivity index is 2.04. The second-order valence-corrected chi connectivity index (χ2v) is 6.53. The van der Waals surface area contributed by atoms with Gasteiger partial charge in [-0.25, -0.2) is 9.78 Å². The van der Waals surface area contributed by atoms with Crippen molar-refractivity contribution in [3.8, 4) is 0 Å². The van der Waals surface area contributed by atoms with Gasteiger partial charge in [-0.15, -0.1) is 0 Å². The zero-order chi connectivity index (χ0) is 17.3. The van der Waals surface area contributed by atoms with Gasteiger partial charge >= 0.3 is 12.2 Å². The summed E-state index contributed by atoms with van der Waals surface area (Å²) in [5.74, 6) is -0.0733. The molecule has 1 N–H and O–H groups in total. The lowest BCUT2D eigenvalue weighted by atomic mass is 10.1. The number of amides is 2. The molecular formula is C15H21F3N4O. The first kappa shape index (κ1) is 17.4. The van der Waals surface area contributed by atoms with Crippen molar-refractivity contribution >= 4 is 11.8 Å². The minimum atomic E-state index is -4.44. The van der Waals surface area contributed by atoms with E-state index in [0.29, 0.717) is 26.2 Å². The molecule has 0 unspecified atom stereocenters. The summed E-state index contributed by atoms with van der Waals surface area (Å²) in [7, 11) is 0. The lowest BCUT2D eigenvalue weighted by Gasteiger charge is -2.37. The van der Waals surface area contributed by atoms with E-state index in [-0.39, 0.29) is 17.4 Å². The Morgan fingerprint density at radius 3 is 2.30 bits per heavy atom. The number of hydrogen-bond donors (Lipinski definition) is 1. The van der Waals surface area contributed by atoms with Crippen molar-refractivity contribution in [2.45, 2.75) is 32.5 Å². The first-order valence-corrected chi connectivity index (χ1v) is 7.42. The van der Waals surface area contributed by atoms with Crippen LogP contribution in [0.3, 0.4) is 0 Å². The molecule has 1 fully saturated rings. The number of piperazine rings is 1. The first-order valence-electron chi connectivity index (χ1n) is 7.42. The summed E-state index contributed by atoms with van der Waals surface area (Å²) < 4.78 is 39.2. The van der Waals surface area contributed by atoms with Gasteiger partial charge in [-0.2, -0.15) is 13.2 Å². The fourth-order valence-corrected chi connectivity index (χ4v) is 2.39. The maximum Gasteiger partial charge on any atom is 0.419 e. The van der Waals surface area contributed by atoms with E-state index in [1.54, 1.807) is 9.80 Å². The third-order valence-electron chi connectivity index (χ3n) is 3.44. The average molecular weight is 330 g/mol. The fourth-order valence-electron chi connectivity index (χ4n) is 2.39. The third-order valence-corrected chi connectivity index (χ3v) is 3.44. The number of alkyl halides is 3. The normalized spacial score (nSPS) is 16.4. The van der Waals surface area contributed by atoms with Crippen LogP contribution in [-0.2, 0) is 6.18 Å². The summed E-state index contributed by atoms with van der Waals surface area (Å²) >= 11 is 0. The summed E-state index contributed by atoms with van der Waals surface area (Å²) in [6, 6.07) is 2.11. The molecule has 2 amide bonds. The molecular weight excluding hydrogens is 309 g/mol. The molecule has 8 heteroatoms. The van der Waals surface area contributed by atoms with Crippen LogP contribution < -0.4 is 10.2 Å². The van der Waals surface area contributed by atoms with E-state index in [1.807, 2.05) is 20.8 Å². The maximum absolute atomic E-state index is 13.1. The zero-order valence-corrected chi connectivity index (χ0v) is 13.4. The molecule has 5 nitrogen and oxygen atoms in total. The Morgan fingerprint density at radius 2 is 1.78 bits per heavy atom. The van der Waals surface area contributed by atoms with Gasteiger partial charge in [0.2, 0.25) is 0 Å². The molecule has 1 aliphatic heterocycles. The number of pyridine rings is 1. The predicted octanol–water partition coefficient (Wildman–Crippen LogP) is 2.73. The monoisotopic (exact) mass is 330 g/mol. The Kier molecular flexibility index (Phi) is 4.72. The number of carbonyl (C=O) groups is 1. The van der Waals surface area contributed by atoms with Gasteiger partial charge in [0.25, 0.3) is 0 Å². The van der Waals surface area contributed by atoms with Crippen molar-refractivity contribution in [1.29, 1.82) is 0 Å². The molecule has 0 bridgehead atoms. The molecule has 0 radical (unpaired) electrons. The highest BCUT2D eigenvalue weighted by Crippen LogP contribution is 2.35. The van der Waals surface area contributed by atoms with Crippen LogP contribution in [0.1, 0.15) is 26.3 Å². The maximum atomic E-state index is 13.1. The minimum absolute atomic E-state index is 0.0733. The highest BCUT2D eigenvalue weighted by molar-refractivity contribution is 5.75. The standard InChI is InChI=1S/C15H21F3N4O/c1-14(2,3)20-13(23)22-9-7-21(8-10-22)12-11(15(16,17)18)5-4-6-19-12/h4-6H,7-10H2,1-3H3,(H,20,23). The van der Waals surface area contributed by atoms with Crippen molar-refractivity contribution in [2.24, 2.45) is 0 Å². The smallest absolute Gasteiger partial charge is 0.353 e. The lowest BCUT2D eigenvalue weighted by molar-refractivity contribution is -0.137. The van der Waals surface area contributed by atoms with Crippen molar-refractivity contribution in [1.82, 2.24) is 15.2 Å². The number of urea groups is 1. The largest absolute Gasteiger partial charge is 0.419 e. The third kappa shape index (κ3) is 4.49. The molecule has 0 aliphatic carbocycles. The van der Waals surface area contributed by atoms with Crippen molar-refractivity contribution in [2.75, 3.05) is 31.1 Å². The summed E-state index contributed by atoms with van der Waals surface area (Å²) in [6.45, 7) is 6.99. The molecule has 0 spiro atoms. The van der Waals surface area contributed by atoms with E-state index in [1.165, 1.54) is 12.3 Å². The zero-order valence-electron chi connectivity index (χ0n) is 13.4. The second kappa shape index (κ2) is 6.25. The Hall–Kier alpha value is -1.99. The van der Waals surface area contributed by atoms with E-state index >= 15 is 0 Å². The van der Waals surface area contributed by atoms with Gasteiger partial charge in [0.15, 0.2) is 0 Å². The number of halogens is 3. The quantitative estimate of drug-likeness (QED) is 0.861. The van der Waals surface area contributed by atoms with Gasteiger partial charge in [-0.3, -0.25) is 0 Å². The van der Waals surface area contributed by atoms with E-state index in [4.69, 9.17) is 0 Å². The van der Waals surface area contributed by atoms with Crippen LogP contribution in [0.4, 0.5) is 23.8 Å². The highest BCUT2D eigenvalue weighted by atomic mass is 19.4. The molecule has 128 valence electrons. The van der Waals surface area contributed by atoms with Crippen molar-refractivity contribution in [3.05, 3.63) is 23.9 Å². The number of nitrogens with one attached hydrogen (secondary N) is 1. The van der Waals surface area contributed by atoms with E-state index < -0.39 is 11.7 Å². The molecule has 2 heterocycles. The number of rotatable bonds is 1. The van der Waals surface area contributed by atoms with Gasteiger partial charge in [0.1, 0.15) is 5.82 Å². The molecule has 23 heavy (non-hydrogen) atoms. The highest BCUT2D eigenvalue weighted by Gasteiger charge is 2.36. The first-order chi connectivity index (χ1) is 10.6. The predicted molar refractivity (Wildman–Crippen MR) is 81.3 cm³/mol. The lowest BCUT2D eigenvalue weighted by Crippen LogP contribution is -2.55. The SMILES string of the molecule is CC(C)(C)NC(=O)N1CCN(c2ncccc2C(F)(F)F)CC1. The molecule has 0 atom stereocenters. The van der Waals surface area contributed by atoms with Crippen LogP contribution in [0, 0.1) is 0 Å². The van der Waals surface area contributed by atoms with Gasteiger partial charge in [0, 0.05) is 37.9 Å². The molecule has 1 aromatic heterocycles. The van der Waals surface area contributed by atoms with E-state index in [2.05, 4.69) is 10.3 Å². The van der Waals surface area contributed by atoms with Crippen LogP contribution in [-0.4, -0.2) is 47.6 Å². The topological polar surface area (TPSA) is 48.5 Å². The number of aromatic nitrogens is 1. The minimum Gasteiger partial charge on any atom is -0.353 e.